The van der Waals surface area contributed by atoms with Crippen LogP contribution in [0.15, 0.2) is 48.7 Å². The van der Waals surface area contributed by atoms with Gasteiger partial charge in [0.25, 0.3) is 0 Å². The average Bonchev–Trinajstić information content (AvgIpc) is 2.86. The predicted octanol–water partition coefficient (Wildman–Crippen LogP) is 4.35. The second kappa shape index (κ2) is 4.99. The Morgan fingerprint density at radius 3 is 2.85 bits per heavy atom. The van der Waals surface area contributed by atoms with Gasteiger partial charge < -0.3 is 4.57 Å². The lowest BCUT2D eigenvalue weighted by Crippen LogP contribution is -1.99. The molecule has 0 saturated heterocycles. The molecule has 0 spiro atoms. The van der Waals surface area contributed by atoms with Gasteiger partial charge in [0.1, 0.15) is 5.82 Å². The Kier molecular flexibility index (Phi) is 3.17. The number of hydrogen-bond donors (Lipinski definition) is 0. The van der Waals surface area contributed by atoms with Crippen LogP contribution in [0.3, 0.4) is 0 Å². The fraction of sp³-hybridized carbons (Fsp3) is 0.0625. The van der Waals surface area contributed by atoms with Crippen molar-refractivity contribution in [3.63, 3.8) is 0 Å². The van der Waals surface area contributed by atoms with Crippen LogP contribution in [0.25, 0.3) is 10.9 Å². The van der Waals surface area contributed by atoms with Gasteiger partial charge in [-0.3, -0.25) is 0 Å². The first-order chi connectivity index (χ1) is 9.69. The van der Waals surface area contributed by atoms with Gasteiger partial charge in [0, 0.05) is 28.7 Å². The standard InChI is InChI=1S/C16H10ClFN2/c17-15-5-4-13(18)8-12(15)10-20-7-6-14-11(9-19)2-1-3-16(14)20/h1-8H,10H2. The van der Waals surface area contributed by atoms with Gasteiger partial charge in [0.2, 0.25) is 0 Å². The lowest BCUT2D eigenvalue weighted by Gasteiger charge is -2.08. The first-order valence-electron chi connectivity index (χ1n) is 6.11. The molecule has 0 fully saturated rings. The van der Waals surface area contributed by atoms with Gasteiger partial charge in [-0.1, -0.05) is 17.7 Å². The van der Waals surface area contributed by atoms with E-state index in [4.69, 9.17) is 16.9 Å². The first-order valence-corrected chi connectivity index (χ1v) is 6.49. The fourth-order valence-corrected chi connectivity index (χ4v) is 2.48. The molecule has 2 nitrogen and oxygen atoms in total. The van der Waals surface area contributed by atoms with Crippen molar-refractivity contribution in [1.82, 2.24) is 4.57 Å². The summed E-state index contributed by atoms with van der Waals surface area (Å²) in [6, 6.07) is 13.9. The van der Waals surface area contributed by atoms with Crippen molar-refractivity contribution in [2.24, 2.45) is 0 Å². The van der Waals surface area contributed by atoms with E-state index in [-0.39, 0.29) is 5.82 Å². The summed E-state index contributed by atoms with van der Waals surface area (Å²) in [5.74, 6) is -0.307. The third-order valence-corrected chi connectivity index (χ3v) is 3.65. The highest BCUT2D eigenvalue weighted by Gasteiger charge is 2.08. The van der Waals surface area contributed by atoms with Crippen LogP contribution < -0.4 is 0 Å². The maximum atomic E-state index is 13.3. The smallest absolute Gasteiger partial charge is 0.123 e. The highest BCUT2D eigenvalue weighted by molar-refractivity contribution is 6.31. The predicted molar refractivity (Wildman–Crippen MR) is 77.2 cm³/mol. The summed E-state index contributed by atoms with van der Waals surface area (Å²) in [4.78, 5) is 0. The quantitative estimate of drug-likeness (QED) is 0.687. The van der Waals surface area contributed by atoms with E-state index in [1.807, 2.05) is 29.0 Å². The van der Waals surface area contributed by atoms with Crippen molar-refractivity contribution in [1.29, 1.82) is 5.26 Å². The van der Waals surface area contributed by atoms with E-state index < -0.39 is 0 Å². The van der Waals surface area contributed by atoms with Gasteiger partial charge in [-0.25, -0.2) is 4.39 Å². The van der Waals surface area contributed by atoms with Crippen molar-refractivity contribution >= 4 is 22.5 Å². The Labute approximate surface area is 120 Å². The molecule has 2 aromatic carbocycles. The number of nitriles is 1. The Morgan fingerprint density at radius 1 is 1.20 bits per heavy atom. The van der Waals surface area contributed by atoms with Crippen molar-refractivity contribution in [2.75, 3.05) is 0 Å². The third-order valence-electron chi connectivity index (χ3n) is 3.28. The van der Waals surface area contributed by atoms with Crippen molar-refractivity contribution in [2.45, 2.75) is 6.54 Å². The summed E-state index contributed by atoms with van der Waals surface area (Å²) in [6.07, 6.45) is 1.88. The van der Waals surface area contributed by atoms with E-state index in [0.29, 0.717) is 22.7 Å². The second-order valence-corrected chi connectivity index (χ2v) is 4.94. The minimum absolute atomic E-state index is 0.307. The maximum absolute atomic E-state index is 13.3. The van der Waals surface area contributed by atoms with Crippen LogP contribution in [-0.4, -0.2) is 4.57 Å². The first kappa shape index (κ1) is 12.7. The van der Waals surface area contributed by atoms with E-state index in [0.717, 1.165) is 10.9 Å². The molecule has 98 valence electrons. The number of halogens is 2. The zero-order valence-electron chi connectivity index (χ0n) is 10.5. The Balaban J connectivity index is 2.08. The number of benzene rings is 2. The molecule has 0 aliphatic heterocycles. The SMILES string of the molecule is N#Cc1cccc2c1ccn2Cc1cc(F)ccc1Cl. The van der Waals surface area contributed by atoms with Gasteiger partial charge >= 0.3 is 0 Å². The van der Waals surface area contributed by atoms with Gasteiger partial charge in [0.15, 0.2) is 0 Å². The van der Waals surface area contributed by atoms with Crippen molar-refractivity contribution in [3.8, 4) is 6.07 Å². The molecule has 0 radical (unpaired) electrons. The molecule has 0 N–H and O–H groups in total. The van der Waals surface area contributed by atoms with E-state index >= 15 is 0 Å². The number of rotatable bonds is 2. The lowest BCUT2D eigenvalue weighted by molar-refractivity contribution is 0.624. The summed E-state index contributed by atoms with van der Waals surface area (Å²) in [6.45, 7) is 0.467. The summed E-state index contributed by atoms with van der Waals surface area (Å²) in [7, 11) is 0. The molecule has 0 atom stereocenters. The van der Waals surface area contributed by atoms with Gasteiger partial charge in [-0.15, -0.1) is 0 Å². The summed E-state index contributed by atoms with van der Waals surface area (Å²) < 4.78 is 15.3. The number of nitrogens with zero attached hydrogens (tertiary/aromatic N) is 2. The molecule has 3 rings (SSSR count). The van der Waals surface area contributed by atoms with Gasteiger partial charge in [-0.2, -0.15) is 5.26 Å². The maximum Gasteiger partial charge on any atom is 0.123 e. The minimum atomic E-state index is -0.307. The molecule has 4 heteroatoms. The Hall–Kier alpha value is -2.31. The number of hydrogen-bond acceptors (Lipinski definition) is 1. The Morgan fingerprint density at radius 2 is 2.05 bits per heavy atom. The van der Waals surface area contributed by atoms with Crippen molar-refractivity contribution in [3.05, 3.63) is 70.6 Å². The van der Waals surface area contributed by atoms with Crippen LogP contribution in [0, 0.1) is 17.1 Å². The monoisotopic (exact) mass is 284 g/mol. The fourth-order valence-electron chi connectivity index (χ4n) is 2.31. The number of fused-ring (bicyclic) bond motifs is 1. The zero-order chi connectivity index (χ0) is 14.1. The van der Waals surface area contributed by atoms with Crippen LogP contribution in [0.1, 0.15) is 11.1 Å². The molecule has 0 aliphatic rings. The summed E-state index contributed by atoms with van der Waals surface area (Å²) in [5, 5.41) is 10.5. The molecule has 3 aromatic rings. The second-order valence-electron chi connectivity index (χ2n) is 4.53. The Bertz CT molecular complexity index is 830. The van der Waals surface area contributed by atoms with Crippen LogP contribution in [0.4, 0.5) is 4.39 Å². The molecule has 1 aromatic heterocycles. The highest BCUT2D eigenvalue weighted by atomic mass is 35.5. The molecule has 0 unspecified atom stereocenters. The lowest BCUT2D eigenvalue weighted by atomic mass is 10.1. The zero-order valence-corrected chi connectivity index (χ0v) is 11.2. The van der Waals surface area contributed by atoms with Crippen LogP contribution in [0.5, 0.6) is 0 Å². The molecule has 0 aliphatic carbocycles. The molecule has 1 heterocycles. The average molecular weight is 285 g/mol. The molecule has 0 saturated carbocycles. The van der Waals surface area contributed by atoms with E-state index in [1.165, 1.54) is 12.1 Å². The number of aromatic nitrogens is 1. The largest absolute Gasteiger partial charge is 0.343 e. The summed E-state index contributed by atoms with van der Waals surface area (Å²) >= 11 is 6.09. The van der Waals surface area contributed by atoms with Gasteiger partial charge in [-0.05, 0) is 42.0 Å². The highest BCUT2D eigenvalue weighted by Crippen LogP contribution is 2.23. The van der Waals surface area contributed by atoms with E-state index in [2.05, 4.69) is 6.07 Å². The molecular formula is C16H10ClFN2. The van der Waals surface area contributed by atoms with E-state index in [1.54, 1.807) is 12.1 Å². The third kappa shape index (κ3) is 2.15. The van der Waals surface area contributed by atoms with E-state index in [9.17, 15) is 4.39 Å². The molecule has 0 bridgehead atoms. The molecular weight excluding hydrogens is 275 g/mol. The normalized spacial score (nSPS) is 10.7. The van der Waals surface area contributed by atoms with Gasteiger partial charge in [0.05, 0.1) is 11.6 Å². The topological polar surface area (TPSA) is 28.7 Å². The van der Waals surface area contributed by atoms with Crippen LogP contribution >= 0.6 is 11.6 Å². The van der Waals surface area contributed by atoms with Crippen LogP contribution in [0.2, 0.25) is 5.02 Å². The molecule has 20 heavy (non-hydrogen) atoms. The van der Waals surface area contributed by atoms with Crippen LogP contribution in [-0.2, 0) is 6.54 Å². The molecule has 0 amide bonds. The van der Waals surface area contributed by atoms with Crippen molar-refractivity contribution < 1.29 is 4.39 Å². The summed E-state index contributed by atoms with van der Waals surface area (Å²) in [5.41, 5.74) is 2.28. The minimum Gasteiger partial charge on any atom is -0.343 e.